The van der Waals surface area contributed by atoms with Gasteiger partial charge in [-0.15, -0.1) is 0 Å². The Labute approximate surface area is 210 Å². The van der Waals surface area contributed by atoms with Crippen molar-refractivity contribution in [3.63, 3.8) is 0 Å². The lowest BCUT2D eigenvalue weighted by Gasteiger charge is -2.38. The van der Waals surface area contributed by atoms with E-state index >= 15 is 0 Å². The lowest BCUT2D eigenvalue weighted by atomic mass is 9.90. The van der Waals surface area contributed by atoms with Crippen LogP contribution in [0.25, 0.3) is 0 Å². The molecule has 7 nitrogen and oxygen atoms in total. The van der Waals surface area contributed by atoms with Crippen molar-refractivity contribution in [1.29, 1.82) is 0 Å². The van der Waals surface area contributed by atoms with Crippen LogP contribution in [-0.2, 0) is 11.2 Å². The SMILES string of the molecule is O=C(Cc1ccc(OCC[C@@H]2C[C@@H]2C2CCN(c3ncc(Cl)cn3)CC2)cc1F)N1CC(CO)C1. The quantitative estimate of drug-likeness (QED) is 0.564. The van der Waals surface area contributed by atoms with Crippen LogP contribution in [0.5, 0.6) is 5.75 Å². The molecule has 1 aliphatic carbocycles. The van der Waals surface area contributed by atoms with E-state index in [-0.39, 0.29) is 24.9 Å². The number of carbonyl (C=O) groups is 1. The molecular weight excluding hydrogens is 471 g/mol. The summed E-state index contributed by atoms with van der Waals surface area (Å²) in [6.45, 7) is 3.71. The van der Waals surface area contributed by atoms with Gasteiger partial charge in [-0.3, -0.25) is 4.79 Å². The molecule has 2 aliphatic heterocycles. The van der Waals surface area contributed by atoms with Gasteiger partial charge in [0.2, 0.25) is 11.9 Å². The summed E-state index contributed by atoms with van der Waals surface area (Å²) >= 11 is 5.89. The van der Waals surface area contributed by atoms with Crippen LogP contribution in [0.15, 0.2) is 30.6 Å². The summed E-state index contributed by atoms with van der Waals surface area (Å²) in [6, 6.07) is 4.77. The van der Waals surface area contributed by atoms with Gasteiger partial charge < -0.3 is 19.6 Å². The Balaban J connectivity index is 1.01. The van der Waals surface area contributed by atoms with Crippen molar-refractivity contribution >= 4 is 23.5 Å². The minimum Gasteiger partial charge on any atom is -0.493 e. The fraction of sp³-hybridized carbons (Fsp3) is 0.577. The highest BCUT2D eigenvalue weighted by Gasteiger charge is 2.43. The molecule has 5 rings (SSSR count). The Kier molecular flexibility index (Phi) is 7.39. The van der Waals surface area contributed by atoms with E-state index in [0.29, 0.717) is 41.9 Å². The van der Waals surface area contributed by atoms with Crippen LogP contribution in [0.1, 0.15) is 31.2 Å². The molecule has 2 aromatic rings. The zero-order valence-corrected chi connectivity index (χ0v) is 20.5. The maximum Gasteiger partial charge on any atom is 0.227 e. The van der Waals surface area contributed by atoms with E-state index in [4.69, 9.17) is 21.4 Å². The number of benzene rings is 1. The van der Waals surface area contributed by atoms with Gasteiger partial charge in [-0.1, -0.05) is 17.7 Å². The van der Waals surface area contributed by atoms with E-state index in [2.05, 4.69) is 14.9 Å². The molecule has 1 aromatic heterocycles. The van der Waals surface area contributed by atoms with Crippen molar-refractivity contribution < 1.29 is 19.0 Å². The Morgan fingerprint density at radius 2 is 1.94 bits per heavy atom. The van der Waals surface area contributed by atoms with Crippen molar-refractivity contribution in [3.8, 4) is 5.75 Å². The summed E-state index contributed by atoms with van der Waals surface area (Å²) in [5.41, 5.74) is 0.382. The average molecular weight is 503 g/mol. The summed E-state index contributed by atoms with van der Waals surface area (Å²) in [5, 5.41) is 9.63. The molecule has 1 N–H and O–H groups in total. The molecule has 3 fully saturated rings. The number of aliphatic hydroxyl groups excluding tert-OH is 1. The highest BCUT2D eigenvalue weighted by molar-refractivity contribution is 6.30. The molecule has 1 saturated carbocycles. The minimum atomic E-state index is -0.407. The highest BCUT2D eigenvalue weighted by atomic mass is 35.5. The predicted octanol–water partition coefficient (Wildman–Crippen LogP) is 3.58. The molecule has 9 heteroatoms. The van der Waals surface area contributed by atoms with Gasteiger partial charge in [0.15, 0.2) is 0 Å². The van der Waals surface area contributed by atoms with E-state index in [9.17, 15) is 9.18 Å². The molecule has 2 saturated heterocycles. The molecule has 0 unspecified atom stereocenters. The van der Waals surface area contributed by atoms with Crippen LogP contribution in [-0.4, -0.2) is 65.3 Å². The van der Waals surface area contributed by atoms with E-state index in [1.165, 1.54) is 12.5 Å². The molecule has 1 aromatic carbocycles. The van der Waals surface area contributed by atoms with Crippen molar-refractivity contribution in [2.45, 2.75) is 32.1 Å². The number of halogens is 2. The number of anilines is 1. The fourth-order valence-electron chi connectivity index (χ4n) is 5.43. The van der Waals surface area contributed by atoms with E-state index < -0.39 is 5.82 Å². The topological polar surface area (TPSA) is 78.8 Å². The molecule has 2 atom stereocenters. The van der Waals surface area contributed by atoms with Crippen LogP contribution < -0.4 is 9.64 Å². The number of amides is 1. The number of nitrogens with zero attached hydrogens (tertiary/aromatic N) is 4. The molecule has 1 amide bonds. The predicted molar refractivity (Wildman–Crippen MR) is 131 cm³/mol. The molecule has 3 aliphatic rings. The second-order valence-electron chi connectivity index (χ2n) is 10.1. The summed E-state index contributed by atoms with van der Waals surface area (Å²) in [6.07, 6.45) is 7.86. The first-order valence-electron chi connectivity index (χ1n) is 12.5. The third-order valence-corrected chi connectivity index (χ3v) is 7.90. The Morgan fingerprint density at radius 3 is 2.63 bits per heavy atom. The molecule has 35 heavy (non-hydrogen) atoms. The van der Waals surface area contributed by atoms with Gasteiger partial charge in [0.05, 0.1) is 30.4 Å². The number of hydrogen-bond acceptors (Lipinski definition) is 6. The first kappa shape index (κ1) is 24.3. The number of ether oxygens (including phenoxy) is 1. The van der Waals surface area contributed by atoms with Gasteiger partial charge >= 0.3 is 0 Å². The van der Waals surface area contributed by atoms with Gasteiger partial charge in [-0.2, -0.15) is 0 Å². The number of hydrogen-bond donors (Lipinski definition) is 1. The number of rotatable bonds is 9. The van der Waals surface area contributed by atoms with E-state index in [1.54, 1.807) is 29.4 Å². The van der Waals surface area contributed by atoms with Crippen LogP contribution in [0.4, 0.5) is 10.3 Å². The number of likely N-dealkylation sites (tertiary alicyclic amines) is 1. The van der Waals surface area contributed by atoms with Crippen LogP contribution >= 0.6 is 11.6 Å². The Morgan fingerprint density at radius 1 is 1.20 bits per heavy atom. The Bertz CT molecular complexity index is 1030. The van der Waals surface area contributed by atoms with Crippen molar-refractivity contribution in [1.82, 2.24) is 14.9 Å². The lowest BCUT2D eigenvalue weighted by Crippen LogP contribution is -2.51. The number of piperidine rings is 1. The summed E-state index contributed by atoms with van der Waals surface area (Å²) in [7, 11) is 0. The molecule has 0 spiro atoms. The first-order valence-corrected chi connectivity index (χ1v) is 12.9. The van der Waals surface area contributed by atoms with Crippen LogP contribution in [0.3, 0.4) is 0 Å². The molecule has 0 radical (unpaired) electrons. The second-order valence-corrected chi connectivity index (χ2v) is 10.5. The number of aromatic nitrogens is 2. The van der Waals surface area contributed by atoms with Crippen LogP contribution in [0.2, 0.25) is 5.02 Å². The second kappa shape index (κ2) is 10.7. The van der Waals surface area contributed by atoms with Crippen molar-refractivity contribution in [2.24, 2.45) is 23.7 Å². The highest BCUT2D eigenvalue weighted by Crippen LogP contribution is 2.49. The lowest BCUT2D eigenvalue weighted by molar-refractivity contribution is -0.137. The van der Waals surface area contributed by atoms with Gasteiger partial charge in [-0.05, 0) is 55.1 Å². The van der Waals surface area contributed by atoms with Gasteiger partial charge in [0.1, 0.15) is 11.6 Å². The molecular formula is C26H32ClFN4O3. The van der Waals surface area contributed by atoms with E-state index in [1.807, 2.05) is 0 Å². The Hall–Kier alpha value is -2.45. The third-order valence-electron chi connectivity index (χ3n) is 7.70. The minimum absolute atomic E-state index is 0.0387. The molecule has 188 valence electrons. The average Bonchev–Trinajstić information content (AvgIpc) is 3.60. The summed E-state index contributed by atoms with van der Waals surface area (Å²) < 4.78 is 20.3. The molecule has 0 bridgehead atoms. The monoisotopic (exact) mass is 502 g/mol. The first-order chi connectivity index (χ1) is 17.0. The largest absolute Gasteiger partial charge is 0.493 e. The van der Waals surface area contributed by atoms with Gasteiger partial charge in [-0.25, -0.2) is 14.4 Å². The van der Waals surface area contributed by atoms with Gasteiger partial charge in [0, 0.05) is 44.8 Å². The fourth-order valence-corrected chi connectivity index (χ4v) is 5.53. The maximum absolute atomic E-state index is 14.5. The normalized spacial score (nSPS) is 22.7. The zero-order chi connectivity index (χ0) is 24.4. The van der Waals surface area contributed by atoms with E-state index in [0.717, 1.165) is 50.1 Å². The smallest absolute Gasteiger partial charge is 0.227 e. The van der Waals surface area contributed by atoms with Gasteiger partial charge in [0.25, 0.3) is 0 Å². The van der Waals surface area contributed by atoms with Crippen molar-refractivity contribution in [3.05, 3.63) is 47.0 Å². The molecule has 3 heterocycles. The number of carbonyl (C=O) groups excluding carboxylic acids is 1. The number of aliphatic hydroxyl groups is 1. The zero-order valence-electron chi connectivity index (χ0n) is 19.8. The van der Waals surface area contributed by atoms with Crippen molar-refractivity contribution in [2.75, 3.05) is 44.3 Å². The summed E-state index contributed by atoms with van der Waals surface area (Å²) in [5.74, 6) is 3.08. The van der Waals surface area contributed by atoms with Crippen LogP contribution in [0, 0.1) is 29.5 Å². The standard InChI is InChI=1S/C26H32ClFN4O3/c27-21-12-29-26(30-13-21)31-6-3-18(4-7-31)23-9-19(23)5-8-35-22-2-1-20(24(28)11-22)10-25(34)32-14-17(15-32)16-33/h1-2,11-13,17-19,23,33H,3-10,14-16H2/t19-,23-/m1/s1. The third kappa shape index (κ3) is 5.86. The maximum atomic E-state index is 14.5. The summed E-state index contributed by atoms with van der Waals surface area (Å²) in [4.78, 5) is 24.8.